The van der Waals surface area contributed by atoms with Crippen molar-refractivity contribution in [1.29, 1.82) is 0 Å². The molecular weight excluding hydrogens is 201 g/mol. The van der Waals surface area contributed by atoms with Crippen LogP contribution in [-0.2, 0) is 10.7 Å². The van der Waals surface area contributed by atoms with E-state index in [1.807, 2.05) is 0 Å². The largest absolute Gasteiger partial charge is 0.330 e. The van der Waals surface area contributed by atoms with Crippen LogP contribution in [0.2, 0.25) is 0 Å². The summed E-state index contributed by atoms with van der Waals surface area (Å²) < 4.78 is 35.8. The highest BCUT2D eigenvalue weighted by atomic mass is 31.2. The molecule has 0 heterocycles. The molecule has 0 saturated heterocycles. The van der Waals surface area contributed by atoms with Crippen molar-refractivity contribution >= 4 is 7.60 Å². The lowest BCUT2D eigenvalue weighted by atomic mass is 10.2. The SMILES string of the molecule is O=P(O)(O)Cc1cccc(F)c1F. The molecular formula is C7H7F2O3P. The second-order valence-electron chi connectivity index (χ2n) is 2.54. The van der Waals surface area contributed by atoms with Gasteiger partial charge in [0.25, 0.3) is 0 Å². The van der Waals surface area contributed by atoms with Crippen LogP contribution in [0.15, 0.2) is 18.2 Å². The summed E-state index contributed by atoms with van der Waals surface area (Å²) in [5.41, 5.74) is -0.312. The Morgan fingerprint density at radius 2 is 1.92 bits per heavy atom. The van der Waals surface area contributed by atoms with E-state index in [0.29, 0.717) is 0 Å². The first-order valence-electron chi connectivity index (χ1n) is 3.37. The predicted molar refractivity (Wildman–Crippen MR) is 42.1 cm³/mol. The normalized spacial score (nSPS) is 11.7. The summed E-state index contributed by atoms with van der Waals surface area (Å²) >= 11 is 0. The molecule has 0 bridgehead atoms. The maximum Gasteiger partial charge on any atom is 0.330 e. The van der Waals surface area contributed by atoms with Crippen molar-refractivity contribution in [2.45, 2.75) is 6.16 Å². The molecule has 72 valence electrons. The second-order valence-corrected chi connectivity index (χ2v) is 4.18. The van der Waals surface area contributed by atoms with Crippen LogP contribution in [0.1, 0.15) is 5.56 Å². The van der Waals surface area contributed by atoms with Crippen molar-refractivity contribution in [3.05, 3.63) is 35.4 Å². The Kier molecular flexibility index (Phi) is 2.81. The Bertz CT molecular complexity index is 361. The van der Waals surface area contributed by atoms with E-state index in [0.717, 1.165) is 12.1 Å². The molecule has 0 unspecified atom stereocenters. The van der Waals surface area contributed by atoms with Crippen molar-refractivity contribution in [3.63, 3.8) is 0 Å². The van der Waals surface area contributed by atoms with Crippen molar-refractivity contribution in [1.82, 2.24) is 0 Å². The Labute approximate surface area is 73.2 Å². The lowest BCUT2D eigenvalue weighted by Gasteiger charge is -2.04. The minimum atomic E-state index is -4.34. The molecule has 2 N–H and O–H groups in total. The molecule has 0 fully saturated rings. The van der Waals surface area contributed by atoms with Crippen LogP contribution in [0, 0.1) is 11.6 Å². The van der Waals surface area contributed by atoms with Gasteiger partial charge in [-0.25, -0.2) is 8.78 Å². The third kappa shape index (κ3) is 2.88. The van der Waals surface area contributed by atoms with E-state index >= 15 is 0 Å². The molecule has 0 amide bonds. The zero-order chi connectivity index (χ0) is 10.1. The van der Waals surface area contributed by atoms with E-state index in [1.54, 1.807) is 0 Å². The summed E-state index contributed by atoms with van der Waals surface area (Å²) in [5.74, 6) is -2.31. The highest BCUT2D eigenvalue weighted by Gasteiger charge is 2.18. The number of benzene rings is 1. The van der Waals surface area contributed by atoms with Gasteiger partial charge in [0.2, 0.25) is 0 Å². The van der Waals surface area contributed by atoms with Crippen molar-refractivity contribution in [3.8, 4) is 0 Å². The summed E-state index contributed by atoms with van der Waals surface area (Å²) in [6, 6.07) is 3.22. The second kappa shape index (κ2) is 3.54. The lowest BCUT2D eigenvalue weighted by Crippen LogP contribution is -1.94. The Hall–Kier alpha value is -0.770. The Morgan fingerprint density at radius 1 is 1.31 bits per heavy atom. The topological polar surface area (TPSA) is 57.5 Å². The Balaban J connectivity index is 3.03. The fourth-order valence-electron chi connectivity index (χ4n) is 0.892. The van der Waals surface area contributed by atoms with Crippen LogP contribution >= 0.6 is 7.60 Å². The molecule has 1 aromatic carbocycles. The molecule has 1 rings (SSSR count). The first-order chi connectivity index (χ1) is 5.90. The van der Waals surface area contributed by atoms with Crippen LogP contribution < -0.4 is 0 Å². The van der Waals surface area contributed by atoms with Gasteiger partial charge in [0.15, 0.2) is 11.6 Å². The van der Waals surface area contributed by atoms with Crippen LogP contribution in [0.4, 0.5) is 8.78 Å². The number of hydrogen-bond acceptors (Lipinski definition) is 1. The fraction of sp³-hybridized carbons (Fsp3) is 0.143. The number of hydrogen-bond donors (Lipinski definition) is 2. The third-order valence-corrected chi connectivity index (χ3v) is 2.16. The van der Waals surface area contributed by atoms with Crippen LogP contribution in [0.5, 0.6) is 0 Å². The van der Waals surface area contributed by atoms with Gasteiger partial charge >= 0.3 is 7.60 Å². The van der Waals surface area contributed by atoms with E-state index in [4.69, 9.17) is 9.79 Å². The smallest absolute Gasteiger partial charge is 0.324 e. The van der Waals surface area contributed by atoms with Gasteiger partial charge < -0.3 is 9.79 Å². The molecule has 13 heavy (non-hydrogen) atoms. The molecule has 0 aromatic heterocycles. The first-order valence-corrected chi connectivity index (χ1v) is 5.17. The molecule has 3 nitrogen and oxygen atoms in total. The molecule has 1 aromatic rings. The van der Waals surface area contributed by atoms with Crippen LogP contribution in [0.3, 0.4) is 0 Å². The summed E-state index contributed by atoms with van der Waals surface area (Å²) in [6.07, 6.45) is -0.781. The molecule has 0 spiro atoms. The van der Waals surface area contributed by atoms with Crippen molar-refractivity contribution in [2.75, 3.05) is 0 Å². The maximum atomic E-state index is 12.8. The molecule has 0 aliphatic rings. The zero-order valence-electron chi connectivity index (χ0n) is 6.44. The highest BCUT2D eigenvalue weighted by molar-refractivity contribution is 7.50. The minimum absolute atomic E-state index is 0.312. The van der Waals surface area contributed by atoms with Crippen molar-refractivity contribution in [2.24, 2.45) is 0 Å². The summed E-state index contributed by atoms with van der Waals surface area (Å²) in [5, 5.41) is 0. The van der Waals surface area contributed by atoms with Gasteiger partial charge in [-0.3, -0.25) is 4.57 Å². The standard InChI is InChI=1S/C7H7F2O3P/c8-6-3-1-2-5(7(6)9)4-13(10,11)12/h1-3H,4H2,(H2,10,11,12). The highest BCUT2D eigenvalue weighted by Crippen LogP contribution is 2.39. The average molecular weight is 208 g/mol. The van der Waals surface area contributed by atoms with Gasteiger partial charge in [0, 0.05) is 5.56 Å². The molecule has 6 heteroatoms. The summed E-state index contributed by atoms with van der Waals surface area (Å²) in [6.45, 7) is 0. The monoisotopic (exact) mass is 208 g/mol. The van der Waals surface area contributed by atoms with Gasteiger partial charge in [-0.15, -0.1) is 0 Å². The van der Waals surface area contributed by atoms with Crippen molar-refractivity contribution < 1.29 is 23.1 Å². The number of rotatable bonds is 2. The molecule has 0 saturated carbocycles. The predicted octanol–water partition coefficient (Wildman–Crippen LogP) is 1.64. The molecule has 0 aliphatic heterocycles. The van der Waals surface area contributed by atoms with E-state index in [9.17, 15) is 13.3 Å². The lowest BCUT2D eigenvalue weighted by molar-refractivity contribution is 0.370. The fourth-order valence-corrected chi connectivity index (χ4v) is 1.58. The van der Waals surface area contributed by atoms with E-state index in [1.165, 1.54) is 6.07 Å². The van der Waals surface area contributed by atoms with Gasteiger partial charge in [-0.05, 0) is 6.07 Å². The van der Waals surface area contributed by atoms with Crippen LogP contribution in [-0.4, -0.2) is 9.79 Å². The average Bonchev–Trinajstić information content (AvgIpc) is 1.96. The van der Waals surface area contributed by atoms with Gasteiger partial charge in [0.1, 0.15) is 0 Å². The Morgan fingerprint density at radius 3 is 2.46 bits per heavy atom. The third-order valence-electron chi connectivity index (χ3n) is 1.41. The molecule has 0 aliphatic carbocycles. The molecule has 0 radical (unpaired) electrons. The molecule has 0 atom stereocenters. The maximum absolute atomic E-state index is 12.8. The van der Waals surface area contributed by atoms with E-state index in [2.05, 4.69) is 0 Å². The van der Waals surface area contributed by atoms with E-state index < -0.39 is 25.4 Å². The first kappa shape index (κ1) is 10.3. The summed E-state index contributed by atoms with van der Waals surface area (Å²) in [7, 11) is -4.34. The van der Waals surface area contributed by atoms with Gasteiger partial charge in [-0.1, -0.05) is 12.1 Å². The van der Waals surface area contributed by atoms with E-state index in [-0.39, 0.29) is 5.56 Å². The quantitative estimate of drug-likeness (QED) is 0.726. The van der Waals surface area contributed by atoms with Crippen LogP contribution in [0.25, 0.3) is 0 Å². The zero-order valence-corrected chi connectivity index (χ0v) is 7.34. The number of halogens is 2. The van der Waals surface area contributed by atoms with Gasteiger partial charge in [-0.2, -0.15) is 0 Å². The van der Waals surface area contributed by atoms with Gasteiger partial charge in [0.05, 0.1) is 6.16 Å². The minimum Gasteiger partial charge on any atom is -0.324 e. The summed E-state index contributed by atoms with van der Waals surface area (Å²) in [4.78, 5) is 17.0.